The third-order valence-corrected chi connectivity index (χ3v) is 3.59. The van der Waals surface area contributed by atoms with Gasteiger partial charge < -0.3 is 14.8 Å². The van der Waals surface area contributed by atoms with Crippen LogP contribution in [0.2, 0.25) is 0 Å². The summed E-state index contributed by atoms with van der Waals surface area (Å²) < 4.78 is 10.7. The van der Waals surface area contributed by atoms with Gasteiger partial charge in [-0.15, -0.1) is 0 Å². The van der Waals surface area contributed by atoms with Crippen molar-refractivity contribution in [3.63, 3.8) is 0 Å². The average Bonchev–Trinajstić information content (AvgIpc) is 2.69. The molecule has 2 rings (SSSR count). The van der Waals surface area contributed by atoms with Crippen molar-refractivity contribution in [2.24, 2.45) is 0 Å². The van der Waals surface area contributed by atoms with E-state index < -0.39 is 0 Å². The van der Waals surface area contributed by atoms with Gasteiger partial charge in [-0.05, 0) is 35.8 Å². The molecule has 0 aromatic heterocycles. The summed E-state index contributed by atoms with van der Waals surface area (Å²) in [6.45, 7) is 1.48. The van der Waals surface area contributed by atoms with Crippen molar-refractivity contribution in [1.29, 1.82) is 5.26 Å². The smallest absolute Gasteiger partial charge is 0.261 e. The molecule has 0 unspecified atom stereocenters. The predicted octanol–water partition coefficient (Wildman–Crippen LogP) is 3.33. The van der Waals surface area contributed by atoms with E-state index in [1.807, 2.05) is 54.6 Å². The van der Waals surface area contributed by atoms with Gasteiger partial charge in [0.05, 0.1) is 0 Å². The van der Waals surface area contributed by atoms with Gasteiger partial charge in [-0.25, -0.2) is 0 Å². The first-order chi connectivity index (χ1) is 12.7. The number of nitrogens with zero attached hydrogens (tertiary/aromatic N) is 1. The molecule has 2 aromatic rings. The van der Waals surface area contributed by atoms with Crippen LogP contribution in [0, 0.1) is 11.3 Å². The van der Waals surface area contributed by atoms with E-state index in [1.54, 1.807) is 19.3 Å². The molecule has 0 radical (unpaired) electrons. The van der Waals surface area contributed by atoms with Crippen LogP contribution in [-0.4, -0.2) is 26.2 Å². The van der Waals surface area contributed by atoms with Gasteiger partial charge in [-0.2, -0.15) is 5.26 Å². The van der Waals surface area contributed by atoms with Crippen molar-refractivity contribution >= 4 is 12.0 Å². The topological polar surface area (TPSA) is 71.3 Å². The van der Waals surface area contributed by atoms with Crippen LogP contribution < -0.4 is 10.1 Å². The molecule has 0 saturated carbocycles. The molecule has 0 aliphatic carbocycles. The Bertz CT molecular complexity index is 779. The summed E-state index contributed by atoms with van der Waals surface area (Å²) >= 11 is 0. The molecular formula is C21H22N2O3. The monoisotopic (exact) mass is 350 g/mol. The van der Waals surface area contributed by atoms with E-state index in [-0.39, 0.29) is 11.5 Å². The summed E-state index contributed by atoms with van der Waals surface area (Å²) in [6.07, 6.45) is 2.25. The Morgan fingerprint density at radius 2 is 2.00 bits per heavy atom. The second kappa shape index (κ2) is 10.7. The number of carbonyl (C=O) groups is 1. The van der Waals surface area contributed by atoms with Crippen LogP contribution in [0.3, 0.4) is 0 Å². The number of carbonyl (C=O) groups excluding carboxylic acids is 1. The molecule has 0 spiro atoms. The molecule has 0 aliphatic rings. The predicted molar refractivity (Wildman–Crippen MR) is 100 cm³/mol. The normalized spacial score (nSPS) is 10.8. The molecule has 1 N–H and O–H groups in total. The summed E-state index contributed by atoms with van der Waals surface area (Å²) in [5, 5.41) is 12.0. The number of hydrogen-bond donors (Lipinski definition) is 1. The molecule has 0 aliphatic heterocycles. The number of ether oxygens (including phenoxy) is 2. The lowest BCUT2D eigenvalue weighted by molar-refractivity contribution is -0.117. The highest BCUT2D eigenvalue weighted by Crippen LogP contribution is 2.17. The molecule has 134 valence electrons. The first-order valence-electron chi connectivity index (χ1n) is 8.38. The zero-order chi connectivity index (χ0) is 18.6. The number of rotatable bonds is 9. The fraction of sp³-hybridized carbons (Fsp3) is 0.238. The number of methoxy groups -OCH3 is 1. The second-order valence-corrected chi connectivity index (χ2v) is 5.62. The van der Waals surface area contributed by atoms with Crippen molar-refractivity contribution in [2.75, 3.05) is 20.3 Å². The van der Waals surface area contributed by atoms with Crippen LogP contribution >= 0.6 is 0 Å². The second-order valence-electron chi connectivity index (χ2n) is 5.62. The van der Waals surface area contributed by atoms with Crippen LogP contribution in [0.25, 0.3) is 6.08 Å². The molecule has 1 amide bonds. The third kappa shape index (κ3) is 6.42. The highest BCUT2D eigenvalue weighted by molar-refractivity contribution is 6.01. The van der Waals surface area contributed by atoms with Crippen LogP contribution in [0.1, 0.15) is 17.5 Å². The molecule has 2 aromatic carbocycles. The molecular weight excluding hydrogens is 328 g/mol. The van der Waals surface area contributed by atoms with Crippen molar-refractivity contribution < 1.29 is 14.3 Å². The lowest BCUT2D eigenvalue weighted by Crippen LogP contribution is -2.26. The number of benzene rings is 2. The molecule has 5 nitrogen and oxygen atoms in total. The highest BCUT2D eigenvalue weighted by atomic mass is 16.5. The number of hydrogen-bond acceptors (Lipinski definition) is 4. The first-order valence-corrected chi connectivity index (χ1v) is 8.38. The van der Waals surface area contributed by atoms with E-state index in [1.165, 1.54) is 0 Å². The average molecular weight is 350 g/mol. The van der Waals surface area contributed by atoms with Gasteiger partial charge in [0.1, 0.15) is 24.0 Å². The largest absolute Gasteiger partial charge is 0.489 e. The molecule has 0 bridgehead atoms. The Balaban J connectivity index is 1.99. The van der Waals surface area contributed by atoms with E-state index in [0.29, 0.717) is 31.9 Å². The van der Waals surface area contributed by atoms with E-state index in [2.05, 4.69) is 5.32 Å². The van der Waals surface area contributed by atoms with Crippen molar-refractivity contribution in [1.82, 2.24) is 5.32 Å². The van der Waals surface area contributed by atoms with Crippen molar-refractivity contribution in [3.05, 3.63) is 71.3 Å². The molecule has 0 heterocycles. The first kappa shape index (κ1) is 19.2. The van der Waals surface area contributed by atoms with E-state index in [4.69, 9.17) is 9.47 Å². The molecule has 0 fully saturated rings. The van der Waals surface area contributed by atoms with Gasteiger partial charge >= 0.3 is 0 Å². The maximum absolute atomic E-state index is 12.1. The third-order valence-electron chi connectivity index (χ3n) is 3.59. The van der Waals surface area contributed by atoms with E-state index >= 15 is 0 Å². The maximum Gasteiger partial charge on any atom is 0.261 e. The van der Waals surface area contributed by atoms with Crippen molar-refractivity contribution in [2.45, 2.75) is 13.0 Å². The number of amides is 1. The summed E-state index contributed by atoms with van der Waals surface area (Å²) in [5.41, 5.74) is 1.86. The number of nitriles is 1. The van der Waals surface area contributed by atoms with Crippen LogP contribution in [0.15, 0.2) is 60.2 Å². The summed E-state index contributed by atoms with van der Waals surface area (Å²) in [7, 11) is 1.61. The zero-order valence-electron chi connectivity index (χ0n) is 14.8. The molecule has 5 heteroatoms. The Labute approximate surface area is 153 Å². The Kier molecular flexibility index (Phi) is 7.91. The quantitative estimate of drug-likeness (QED) is 0.428. The summed E-state index contributed by atoms with van der Waals surface area (Å²) in [6, 6.07) is 19.1. The maximum atomic E-state index is 12.1. The van der Waals surface area contributed by atoms with Crippen LogP contribution in [0.5, 0.6) is 5.75 Å². The van der Waals surface area contributed by atoms with E-state index in [9.17, 15) is 10.1 Å². The zero-order valence-corrected chi connectivity index (χ0v) is 14.8. The Hall–Kier alpha value is -3.10. The Morgan fingerprint density at radius 3 is 2.73 bits per heavy atom. The molecule has 0 atom stereocenters. The van der Waals surface area contributed by atoms with Gasteiger partial charge in [0.25, 0.3) is 5.91 Å². The SMILES string of the molecule is COCCCNC(=O)/C(C#N)=C/c1cccc(OCc2ccccc2)c1. The van der Waals surface area contributed by atoms with Crippen LogP contribution in [0.4, 0.5) is 0 Å². The van der Waals surface area contributed by atoms with E-state index in [0.717, 1.165) is 11.1 Å². The summed E-state index contributed by atoms with van der Waals surface area (Å²) in [4.78, 5) is 12.1. The summed E-state index contributed by atoms with van der Waals surface area (Å²) in [5.74, 6) is 0.291. The molecule has 26 heavy (non-hydrogen) atoms. The minimum atomic E-state index is -0.390. The van der Waals surface area contributed by atoms with Gasteiger partial charge in [0.15, 0.2) is 0 Å². The lowest BCUT2D eigenvalue weighted by Gasteiger charge is -2.07. The Morgan fingerprint density at radius 1 is 1.19 bits per heavy atom. The van der Waals surface area contributed by atoms with Crippen molar-refractivity contribution in [3.8, 4) is 11.8 Å². The minimum absolute atomic E-state index is 0.0580. The minimum Gasteiger partial charge on any atom is -0.489 e. The fourth-order valence-electron chi connectivity index (χ4n) is 2.26. The van der Waals surface area contributed by atoms with Gasteiger partial charge in [-0.1, -0.05) is 42.5 Å². The number of nitrogens with one attached hydrogen (secondary N) is 1. The standard InChI is InChI=1S/C21H22N2O3/c1-25-12-6-11-23-21(24)19(15-22)13-18-9-5-10-20(14-18)26-16-17-7-3-2-4-8-17/h2-5,7-10,13-14H,6,11-12,16H2,1H3,(H,23,24)/b19-13+. The van der Waals surface area contributed by atoms with Gasteiger partial charge in [-0.3, -0.25) is 4.79 Å². The fourth-order valence-corrected chi connectivity index (χ4v) is 2.26. The van der Waals surface area contributed by atoms with Gasteiger partial charge in [0.2, 0.25) is 0 Å². The highest BCUT2D eigenvalue weighted by Gasteiger charge is 2.08. The lowest BCUT2D eigenvalue weighted by atomic mass is 10.1. The molecule has 0 saturated heterocycles. The van der Waals surface area contributed by atoms with Gasteiger partial charge in [0, 0.05) is 20.3 Å². The van der Waals surface area contributed by atoms with Crippen LogP contribution in [-0.2, 0) is 16.1 Å².